The summed E-state index contributed by atoms with van der Waals surface area (Å²) >= 11 is 0. The molecule has 0 bridgehead atoms. The van der Waals surface area contributed by atoms with Crippen LogP contribution in [0.15, 0.2) is 42.6 Å². The van der Waals surface area contributed by atoms with E-state index in [1.165, 1.54) is 18.2 Å². The number of hydrogen-bond acceptors (Lipinski definition) is 6. The first-order chi connectivity index (χ1) is 16.7. The summed E-state index contributed by atoms with van der Waals surface area (Å²) in [5.41, 5.74) is 4.67. The lowest BCUT2D eigenvalue weighted by molar-refractivity contribution is -0.139. The van der Waals surface area contributed by atoms with Crippen LogP contribution in [0, 0.1) is 5.82 Å². The Labute approximate surface area is 202 Å². The maximum absolute atomic E-state index is 13.8. The molecule has 3 aromatic rings. The molecule has 3 heterocycles. The molecule has 184 valence electrons. The van der Waals surface area contributed by atoms with Gasteiger partial charge in [-0.05, 0) is 29.7 Å². The van der Waals surface area contributed by atoms with Gasteiger partial charge in [0.15, 0.2) is 5.82 Å². The third kappa shape index (κ3) is 5.48. The molecule has 0 fully saturated rings. The van der Waals surface area contributed by atoms with Crippen molar-refractivity contribution in [2.24, 2.45) is 0 Å². The van der Waals surface area contributed by atoms with Gasteiger partial charge in [0.25, 0.3) is 0 Å². The molecule has 2 aromatic heterocycles. The van der Waals surface area contributed by atoms with Crippen LogP contribution < -0.4 is 0 Å². The Balaban J connectivity index is 1.87. The Morgan fingerprint density at radius 1 is 1.20 bits per heavy atom. The van der Waals surface area contributed by atoms with Crippen molar-refractivity contribution < 1.29 is 29.2 Å². The normalized spacial score (nSPS) is 15.0. The van der Waals surface area contributed by atoms with E-state index in [1.54, 1.807) is 29.1 Å². The van der Waals surface area contributed by atoms with E-state index in [1.807, 2.05) is 19.9 Å². The van der Waals surface area contributed by atoms with Crippen LogP contribution >= 0.6 is 0 Å². The monoisotopic (exact) mass is 481 g/mol. The van der Waals surface area contributed by atoms with Crippen molar-refractivity contribution in [3.63, 3.8) is 0 Å². The molecule has 0 aliphatic carbocycles. The molecule has 9 heteroatoms. The molecule has 0 spiro atoms. The van der Waals surface area contributed by atoms with E-state index >= 15 is 0 Å². The predicted octanol–water partition coefficient (Wildman–Crippen LogP) is 3.83. The van der Waals surface area contributed by atoms with Crippen LogP contribution in [0.2, 0.25) is 0 Å². The fourth-order valence-corrected chi connectivity index (χ4v) is 4.25. The van der Waals surface area contributed by atoms with E-state index in [4.69, 9.17) is 14.8 Å². The van der Waals surface area contributed by atoms with Gasteiger partial charge in [-0.1, -0.05) is 38.1 Å². The summed E-state index contributed by atoms with van der Waals surface area (Å²) in [6.45, 7) is 4.63. The molecule has 0 radical (unpaired) electrons. The number of pyridine rings is 1. The molecular formula is C26H28FN3O5. The number of carbonyl (C=O) groups is 1. The molecular weight excluding hydrogens is 453 g/mol. The number of aliphatic hydroxyl groups is 2. The Morgan fingerprint density at radius 2 is 1.94 bits per heavy atom. The van der Waals surface area contributed by atoms with E-state index in [0.717, 1.165) is 33.6 Å². The van der Waals surface area contributed by atoms with Crippen molar-refractivity contribution in [2.45, 2.75) is 58.0 Å². The van der Waals surface area contributed by atoms with Crippen LogP contribution in [0.25, 0.3) is 23.0 Å². The van der Waals surface area contributed by atoms with Crippen molar-refractivity contribution in [3.05, 3.63) is 70.9 Å². The SMILES string of the molecule is CC(C)c1nc2c(c(-c3ccc(F)cc3)c1/C=C/[C@@H](O)C[C@@H](O)CC(=O)O)COCc1ccnn1-2. The molecule has 0 amide bonds. The van der Waals surface area contributed by atoms with Crippen molar-refractivity contribution >= 4 is 12.0 Å². The zero-order valence-corrected chi connectivity index (χ0v) is 19.6. The number of rotatable bonds is 8. The Kier molecular flexibility index (Phi) is 7.39. The highest BCUT2D eigenvalue weighted by atomic mass is 19.1. The summed E-state index contributed by atoms with van der Waals surface area (Å²) in [5.74, 6) is -0.858. The van der Waals surface area contributed by atoms with Crippen molar-refractivity contribution in [1.82, 2.24) is 14.8 Å². The number of carboxylic acids is 1. The molecule has 4 rings (SSSR count). The van der Waals surface area contributed by atoms with E-state index in [0.29, 0.717) is 12.4 Å². The summed E-state index contributed by atoms with van der Waals surface area (Å²) in [7, 11) is 0. The third-order valence-corrected chi connectivity index (χ3v) is 5.85. The van der Waals surface area contributed by atoms with Crippen LogP contribution in [-0.4, -0.2) is 48.3 Å². The van der Waals surface area contributed by atoms with Gasteiger partial charge in [-0.2, -0.15) is 5.10 Å². The fraction of sp³-hybridized carbons (Fsp3) is 0.346. The zero-order chi connectivity index (χ0) is 25.1. The maximum atomic E-state index is 13.8. The van der Waals surface area contributed by atoms with Gasteiger partial charge >= 0.3 is 5.97 Å². The number of fused-ring (bicyclic) bond motifs is 3. The summed E-state index contributed by atoms with van der Waals surface area (Å²) in [5, 5.41) is 33.7. The number of halogens is 1. The van der Waals surface area contributed by atoms with Gasteiger partial charge in [0, 0.05) is 29.3 Å². The Morgan fingerprint density at radius 3 is 2.63 bits per heavy atom. The number of nitrogens with zero attached hydrogens (tertiary/aromatic N) is 3. The minimum absolute atomic E-state index is 0.00271. The number of hydrogen-bond donors (Lipinski definition) is 3. The maximum Gasteiger partial charge on any atom is 0.305 e. The first-order valence-electron chi connectivity index (χ1n) is 11.4. The molecule has 8 nitrogen and oxygen atoms in total. The molecule has 0 saturated heterocycles. The second kappa shape index (κ2) is 10.5. The van der Waals surface area contributed by atoms with Crippen LogP contribution in [0.1, 0.15) is 55.1 Å². The van der Waals surface area contributed by atoms with Gasteiger partial charge < -0.3 is 20.1 Å². The molecule has 1 aliphatic heterocycles. The minimum Gasteiger partial charge on any atom is -0.481 e. The van der Waals surface area contributed by atoms with E-state index in [9.17, 15) is 19.4 Å². The standard InChI is InChI=1S/C26H28FN3O5/c1-15(2)25-21(8-7-19(31)11-20(32)12-23(33)34)24(16-3-5-17(27)6-4-16)22-14-35-13-18-9-10-28-30(18)26(22)29-25/h3-10,15,19-20,31-32H,11-14H2,1-2H3,(H,33,34)/b8-7+/t19-,20-/m1/s1. The van der Waals surface area contributed by atoms with Crippen molar-refractivity contribution in [1.29, 1.82) is 0 Å². The highest BCUT2D eigenvalue weighted by Gasteiger charge is 2.26. The molecule has 35 heavy (non-hydrogen) atoms. The van der Waals surface area contributed by atoms with Gasteiger partial charge in [0.1, 0.15) is 5.82 Å². The second-order valence-corrected chi connectivity index (χ2v) is 8.89. The number of aliphatic hydroxyl groups excluding tert-OH is 2. The molecule has 0 unspecified atom stereocenters. The number of carboxylic acid groups (broad SMARTS) is 1. The summed E-state index contributed by atoms with van der Waals surface area (Å²) in [6.07, 6.45) is 2.12. The highest BCUT2D eigenvalue weighted by Crippen LogP contribution is 2.38. The molecule has 3 N–H and O–H groups in total. The average molecular weight is 482 g/mol. The lowest BCUT2D eigenvalue weighted by atomic mass is 9.90. The van der Waals surface area contributed by atoms with Crippen molar-refractivity contribution in [3.8, 4) is 16.9 Å². The summed E-state index contributed by atoms with van der Waals surface area (Å²) in [6, 6.07) is 8.02. The Hall–Kier alpha value is -3.40. The minimum atomic E-state index is -1.18. The smallest absolute Gasteiger partial charge is 0.305 e. The van der Waals surface area contributed by atoms with Crippen LogP contribution in [0.3, 0.4) is 0 Å². The number of ether oxygens (including phenoxy) is 1. The average Bonchev–Trinajstić information content (AvgIpc) is 3.18. The lowest BCUT2D eigenvalue weighted by Gasteiger charge is -2.21. The first kappa shape index (κ1) is 24.7. The number of aliphatic carboxylic acids is 1. The molecule has 1 aliphatic rings. The van der Waals surface area contributed by atoms with Gasteiger partial charge in [0.05, 0.1) is 43.2 Å². The zero-order valence-electron chi connectivity index (χ0n) is 19.6. The van der Waals surface area contributed by atoms with Gasteiger partial charge in [0.2, 0.25) is 0 Å². The van der Waals surface area contributed by atoms with Crippen LogP contribution in [0.4, 0.5) is 4.39 Å². The molecule has 2 atom stereocenters. The van der Waals surface area contributed by atoms with Crippen LogP contribution in [0.5, 0.6) is 0 Å². The molecule has 1 aromatic carbocycles. The van der Waals surface area contributed by atoms with Crippen LogP contribution in [-0.2, 0) is 22.7 Å². The van der Waals surface area contributed by atoms with E-state index in [2.05, 4.69) is 5.10 Å². The first-order valence-corrected chi connectivity index (χ1v) is 11.4. The number of aromatic nitrogens is 3. The lowest BCUT2D eigenvalue weighted by Crippen LogP contribution is -2.19. The van der Waals surface area contributed by atoms with Crippen molar-refractivity contribution in [2.75, 3.05) is 0 Å². The fourth-order valence-electron chi connectivity index (χ4n) is 4.25. The summed E-state index contributed by atoms with van der Waals surface area (Å²) < 4.78 is 21.5. The largest absolute Gasteiger partial charge is 0.481 e. The summed E-state index contributed by atoms with van der Waals surface area (Å²) in [4.78, 5) is 15.8. The third-order valence-electron chi connectivity index (χ3n) is 5.85. The second-order valence-electron chi connectivity index (χ2n) is 8.89. The topological polar surface area (TPSA) is 118 Å². The van der Waals surface area contributed by atoms with E-state index in [-0.39, 0.29) is 24.8 Å². The molecule has 0 saturated carbocycles. The van der Waals surface area contributed by atoms with E-state index < -0.39 is 24.6 Å². The quantitative estimate of drug-likeness (QED) is 0.448. The Bertz CT molecular complexity index is 1240. The highest BCUT2D eigenvalue weighted by molar-refractivity contribution is 5.81. The van der Waals surface area contributed by atoms with Gasteiger partial charge in [-0.15, -0.1) is 0 Å². The van der Waals surface area contributed by atoms with Gasteiger partial charge in [-0.25, -0.2) is 14.1 Å². The predicted molar refractivity (Wildman–Crippen MR) is 127 cm³/mol. The number of benzene rings is 1. The van der Waals surface area contributed by atoms with Gasteiger partial charge in [-0.3, -0.25) is 4.79 Å².